The molecule has 0 bridgehead atoms. The lowest BCUT2D eigenvalue weighted by atomic mass is 10.2. The van der Waals surface area contributed by atoms with Gasteiger partial charge in [-0.1, -0.05) is 0 Å². The first-order valence-electron chi connectivity index (χ1n) is 8.06. The summed E-state index contributed by atoms with van der Waals surface area (Å²) in [6.45, 7) is 9.96. The van der Waals surface area contributed by atoms with Crippen molar-refractivity contribution in [2.45, 2.75) is 39.2 Å². The molecule has 0 atom stereocenters. The molecular formula is C17H25N3O2S. The summed E-state index contributed by atoms with van der Waals surface area (Å²) in [6.07, 6.45) is 1.89. The highest BCUT2D eigenvalue weighted by Crippen LogP contribution is 2.17. The van der Waals surface area contributed by atoms with Crippen LogP contribution in [-0.2, 0) is 11.2 Å². The van der Waals surface area contributed by atoms with Crippen LogP contribution in [0.1, 0.15) is 36.9 Å². The van der Waals surface area contributed by atoms with Gasteiger partial charge in [0.15, 0.2) is 0 Å². The Bertz CT molecular complexity index is 563. The zero-order valence-electron chi connectivity index (χ0n) is 14.2. The fraction of sp³-hybridized carbons (Fsp3) is 0.647. The zero-order chi connectivity index (χ0) is 16.9. The highest BCUT2D eigenvalue weighted by atomic mass is 32.1. The van der Waals surface area contributed by atoms with Gasteiger partial charge in [0.2, 0.25) is 0 Å². The van der Waals surface area contributed by atoms with Crippen LogP contribution >= 0.6 is 11.3 Å². The second-order valence-corrected chi connectivity index (χ2v) is 7.96. The number of hydrogen-bond donors (Lipinski definition) is 0. The van der Waals surface area contributed by atoms with Gasteiger partial charge in [0.25, 0.3) is 0 Å². The predicted molar refractivity (Wildman–Crippen MR) is 91.6 cm³/mol. The summed E-state index contributed by atoms with van der Waals surface area (Å²) >= 11 is 1.58. The minimum absolute atomic E-state index is 0.209. The quantitative estimate of drug-likeness (QED) is 0.848. The summed E-state index contributed by atoms with van der Waals surface area (Å²) in [5.74, 6) is 0. The molecule has 1 aliphatic heterocycles. The topological polar surface area (TPSA) is 56.6 Å². The van der Waals surface area contributed by atoms with E-state index in [0.717, 1.165) is 50.4 Å². The minimum atomic E-state index is -0.433. The Kier molecular flexibility index (Phi) is 6.03. The average molecular weight is 335 g/mol. The molecule has 1 fully saturated rings. The number of thiophene rings is 1. The molecule has 0 spiro atoms. The van der Waals surface area contributed by atoms with Crippen molar-refractivity contribution in [2.24, 2.45) is 0 Å². The third-order valence-corrected chi connectivity index (χ3v) is 4.74. The number of ether oxygens (including phenoxy) is 1. The number of amides is 1. The molecular weight excluding hydrogens is 310 g/mol. The molecule has 126 valence electrons. The van der Waals surface area contributed by atoms with Crippen molar-refractivity contribution in [2.75, 3.05) is 32.7 Å². The number of nitrogens with zero attached hydrogens (tertiary/aromatic N) is 3. The van der Waals surface area contributed by atoms with Crippen molar-refractivity contribution < 1.29 is 9.53 Å². The number of carbonyl (C=O) groups excluding carboxylic acids is 1. The first kappa shape index (κ1) is 17.8. The summed E-state index contributed by atoms with van der Waals surface area (Å²) in [6, 6.07) is 6.11. The van der Waals surface area contributed by atoms with Crippen LogP contribution < -0.4 is 0 Å². The van der Waals surface area contributed by atoms with Crippen LogP contribution in [0.3, 0.4) is 0 Å². The Labute approximate surface area is 142 Å². The Morgan fingerprint density at radius 3 is 2.57 bits per heavy atom. The van der Waals surface area contributed by atoms with Gasteiger partial charge in [-0.25, -0.2) is 4.79 Å². The first-order valence-corrected chi connectivity index (χ1v) is 8.88. The average Bonchev–Trinajstić information content (AvgIpc) is 2.94. The molecule has 1 saturated heterocycles. The summed E-state index contributed by atoms with van der Waals surface area (Å²) in [5.41, 5.74) is -0.433. The third-order valence-electron chi connectivity index (χ3n) is 3.69. The SMILES string of the molecule is CC(C)(C)OC(=O)N1CCN(CCCc2ccc(C#N)s2)CC1. The molecule has 2 heterocycles. The normalized spacial score (nSPS) is 16.2. The van der Waals surface area contributed by atoms with E-state index in [0.29, 0.717) is 0 Å². The van der Waals surface area contributed by atoms with Gasteiger partial charge in [0.05, 0.1) is 0 Å². The van der Waals surface area contributed by atoms with Gasteiger partial charge in [-0.05, 0) is 52.3 Å². The fourth-order valence-corrected chi connectivity index (χ4v) is 3.38. The Hall–Kier alpha value is -1.58. The number of rotatable bonds is 4. The van der Waals surface area contributed by atoms with Crippen LogP contribution in [-0.4, -0.2) is 54.2 Å². The maximum atomic E-state index is 12.0. The van der Waals surface area contributed by atoms with Gasteiger partial charge in [-0.2, -0.15) is 5.26 Å². The molecule has 0 unspecified atom stereocenters. The lowest BCUT2D eigenvalue weighted by Crippen LogP contribution is -2.50. The van der Waals surface area contributed by atoms with Gasteiger partial charge >= 0.3 is 6.09 Å². The first-order chi connectivity index (χ1) is 10.9. The summed E-state index contributed by atoms with van der Waals surface area (Å²) in [5, 5.41) is 8.83. The Morgan fingerprint density at radius 2 is 2.00 bits per heavy atom. The predicted octanol–water partition coefficient (Wildman–Crippen LogP) is 3.11. The van der Waals surface area contributed by atoms with E-state index in [1.54, 1.807) is 16.2 Å². The standard InChI is InChI=1S/C17H25N3O2S/c1-17(2,3)22-16(21)20-11-9-19(10-12-20)8-4-5-14-6-7-15(13-18)23-14/h6-7H,4-5,8-12H2,1-3H3. The van der Waals surface area contributed by atoms with Crippen LogP contribution in [0.15, 0.2) is 12.1 Å². The molecule has 5 nitrogen and oxygen atoms in total. The van der Waals surface area contributed by atoms with Gasteiger partial charge in [-0.3, -0.25) is 4.90 Å². The van der Waals surface area contributed by atoms with Crippen molar-refractivity contribution >= 4 is 17.4 Å². The van der Waals surface area contributed by atoms with Crippen LogP contribution in [0, 0.1) is 11.3 Å². The zero-order valence-corrected chi connectivity index (χ0v) is 15.0. The van der Waals surface area contributed by atoms with Crippen LogP contribution in [0.2, 0.25) is 0 Å². The van der Waals surface area contributed by atoms with Crippen molar-refractivity contribution in [3.63, 3.8) is 0 Å². The van der Waals surface area contributed by atoms with Gasteiger partial charge in [0, 0.05) is 31.1 Å². The molecule has 0 N–H and O–H groups in total. The smallest absolute Gasteiger partial charge is 0.410 e. The fourth-order valence-electron chi connectivity index (χ4n) is 2.53. The molecule has 0 saturated carbocycles. The lowest BCUT2D eigenvalue weighted by molar-refractivity contribution is 0.0145. The number of nitriles is 1. The van der Waals surface area contributed by atoms with E-state index in [1.807, 2.05) is 32.9 Å². The molecule has 2 rings (SSSR count). The van der Waals surface area contributed by atoms with E-state index >= 15 is 0 Å². The van der Waals surface area contributed by atoms with Gasteiger partial charge in [0.1, 0.15) is 16.5 Å². The van der Waals surface area contributed by atoms with Crippen molar-refractivity contribution in [3.05, 3.63) is 21.9 Å². The maximum Gasteiger partial charge on any atom is 0.410 e. The van der Waals surface area contributed by atoms with Crippen LogP contribution in [0.25, 0.3) is 0 Å². The third kappa shape index (κ3) is 5.85. The van der Waals surface area contributed by atoms with E-state index in [1.165, 1.54) is 4.88 Å². The molecule has 1 aliphatic rings. The number of piperazine rings is 1. The van der Waals surface area contributed by atoms with Crippen molar-refractivity contribution in [1.29, 1.82) is 5.26 Å². The van der Waals surface area contributed by atoms with Crippen molar-refractivity contribution in [3.8, 4) is 6.07 Å². The summed E-state index contributed by atoms with van der Waals surface area (Å²) in [4.78, 5) is 18.2. The second kappa shape index (κ2) is 7.80. The Morgan fingerprint density at radius 1 is 1.30 bits per heavy atom. The van der Waals surface area contributed by atoms with Gasteiger partial charge < -0.3 is 9.64 Å². The molecule has 0 aliphatic carbocycles. The molecule has 0 radical (unpaired) electrons. The highest BCUT2D eigenvalue weighted by Gasteiger charge is 2.25. The van der Waals surface area contributed by atoms with Crippen molar-refractivity contribution in [1.82, 2.24) is 9.80 Å². The second-order valence-electron chi connectivity index (χ2n) is 6.79. The molecule has 0 aromatic carbocycles. The molecule has 23 heavy (non-hydrogen) atoms. The monoisotopic (exact) mass is 335 g/mol. The van der Waals surface area contributed by atoms with E-state index in [9.17, 15) is 4.79 Å². The lowest BCUT2D eigenvalue weighted by Gasteiger charge is -2.35. The van der Waals surface area contributed by atoms with Crippen LogP contribution in [0.4, 0.5) is 4.79 Å². The minimum Gasteiger partial charge on any atom is -0.444 e. The Balaban J connectivity index is 1.67. The number of hydrogen-bond acceptors (Lipinski definition) is 5. The van der Waals surface area contributed by atoms with Crippen LogP contribution in [0.5, 0.6) is 0 Å². The van der Waals surface area contributed by atoms with E-state index in [-0.39, 0.29) is 6.09 Å². The van der Waals surface area contributed by atoms with E-state index in [2.05, 4.69) is 11.0 Å². The summed E-state index contributed by atoms with van der Waals surface area (Å²) in [7, 11) is 0. The molecule has 1 aromatic rings. The molecule has 1 amide bonds. The molecule has 6 heteroatoms. The van der Waals surface area contributed by atoms with E-state index < -0.39 is 5.60 Å². The molecule has 1 aromatic heterocycles. The highest BCUT2D eigenvalue weighted by molar-refractivity contribution is 7.12. The van der Waals surface area contributed by atoms with E-state index in [4.69, 9.17) is 10.00 Å². The van der Waals surface area contributed by atoms with Gasteiger partial charge in [-0.15, -0.1) is 11.3 Å². The summed E-state index contributed by atoms with van der Waals surface area (Å²) < 4.78 is 5.41. The largest absolute Gasteiger partial charge is 0.444 e. The number of carbonyl (C=O) groups is 1. The number of aryl methyl sites for hydroxylation is 1. The maximum absolute atomic E-state index is 12.0.